The summed E-state index contributed by atoms with van der Waals surface area (Å²) in [6.45, 7) is 10.7. The van der Waals surface area contributed by atoms with Gasteiger partial charge in [-0.2, -0.15) is 0 Å². The molecule has 0 aromatic heterocycles. The predicted molar refractivity (Wildman–Crippen MR) is 76.9 cm³/mol. The van der Waals surface area contributed by atoms with Crippen LogP contribution in [0.25, 0.3) is 0 Å². The highest BCUT2D eigenvalue weighted by Gasteiger charge is 2.48. The molecular formula is C13H24N2O3S. The number of rotatable bonds is 5. The van der Waals surface area contributed by atoms with E-state index in [0.717, 1.165) is 0 Å². The van der Waals surface area contributed by atoms with Crippen LogP contribution >= 0.6 is 11.8 Å². The first-order valence-electron chi connectivity index (χ1n) is 6.59. The van der Waals surface area contributed by atoms with Crippen LogP contribution in [0.5, 0.6) is 0 Å². The highest BCUT2D eigenvalue weighted by molar-refractivity contribution is 8.02. The molecule has 0 bridgehead atoms. The molecule has 6 heteroatoms. The molecule has 1 fully saturated rings. The Bertz CT molecular complexity index is 356. The molecule has 1 amide bonds. The van der Waals surface area contributed by atoms with E-state index in [-0.39, 0.29) is 34.0 Å². The van der Waals surface area contributed by atoms with Gasteiger partial charge < -0.3 is 10.1 Å². The van der Waals surface area contributed by atoms with E-state index in [1.165, 1.54) is 0 Å². The fourth-order valence-electron chi connectivity index (χ4n) is 2.27. The van der Waals surface area contributed by atoms with E-state index in [0.29, 0.717) is 13.2 Å². The Balaban J connectivity index is 2.44. The van der Waals surface area contributed by atoms with Crippen LogP contribution in [0, 0.1) is 0 Å². The Kier molecular flexibility index (Phi) is 5.26. The van der Waals surface area contributed by atoms with Crippen LogP contribution in [0.15, 0.2) is 0 Å². The summed E-state index contributed by atoms with van der Waals surface area (Å²) in [7, 11) is 0. The van der Waals surface area contributed by atoms with E-state index in [9.17, 15) is 9.59 Å². The van der Waals surface area contributed by atoms with Gasteiger partial charge in [0.05, 0.1) is 17.9 Å². The fraction of sp³-hybridized carbons (Fsp3) is 0.846. The maximum atomic E-state index is 12.1. The predicted octanol–water partition coefficient (Wildman–Crippen LogP) is 1.28. The minimum absolute atomic E-state index is 0.0626. The molecule has 1 aliphatic heterocycles. The van der Waals surface area contributed by atoms with Gasteiger partial charge in [0.25, 0.3) is 0 Å². The summed E-state index contributed by atoms with van der Waals surface area (Å²) < 4.78 is 4.64. The Morgan fingerprint density at radius 1 is 1.32 bits per heavy atom. The molecule has 2 N–H and O–H groups in total. The van der Waals surface area contributed by atoms with Crippen LogP contribution in [0.3, 0.4) is 0 Å². The molecule has 0 aliphatic carbocycles. The van der Waals surface area contributed by atoms with Crippen LogP contribution in [-0.4, -0.2) is 40.7 Å². The van der Waals surface area contributed by atoms with Crippen molar-refractivity contribution in [2.45, 2.75) is 56.7 Å². The van der Waals surface area contributed by atoms with Crippen molar-refractivity contribution in [1.29, 1.82) is 0 Å². The van der Waals surface area contributed by atoms with Crippen molar-refractivity contribution < 1.29 is 14.3 Å². The Morgan fingerprint density at radius 2 is 1.95 bits per heavy atom. The largest absolute Gasteiger partial charge is 0.466 e. The van der Waals surface area contributed by atoms with Crippen LogP contribution in [0.2, 0.25) is 0 Å². The van der Waals surface area contributed by atoms with Gasteiger partial charge in [-0.25, -0.2) is 0 Å². The molecule has 1 aliphatic rings. The molecular weight excluding hydrogens is 264 g/mol. The summed E-state index contributed by atoms with van der Waals surface area (Å²) in [4.78, 5) is 23.2. The topological polar surface area (TPSA) is 67.4 Å². The lowest BCUT2D eigenvalue weighted by Gasteiger charge is -2.24. The summed E-state index contributed by atoms with van der Waals surface area (Å²) in [5, 5.41) is 6.11. The first-order chi connectivity index (χ1) is 8.68. The second kappa shape index (κ2) is 6.13. The van der Waals surface area contributed by atoms with Crippen molar-refractivity contribution in [3.63, 3.8) is 0 Å². The monoisotopic (exact) mass is 288 g/mol. The maximum Gasteiger partial charge on any atom is 0.307 e. The van der Waals surface area contributed by atoms with Gasteiger partial charge in [0, 0.05) is 11.3 Å². The molecule has 0 unspecified atom stereocenters. The Labute approximate surface area is 119 Å². The number of esters is 1. The van der Waals surface area contributed by atoms with E-state index in [1.54, 1.807) is 18.7 Å². The Hall–Kier alpha value is -0.750. The van der Waals surface area contributed by atoms with E-state index in [1.807, 2.05) is 0 Å². The third kappa shape index (κ3) is 4.69. The quantitative estimate of drug-likeness (QED) is 0.746. The average Bonchev–Trinajstić information content (AvgIpc) is 2.47. The minimum atomic E-state index is -0.281. The van der Waals surface area contributed by atoms with Crippen molar-refractivity contribution in [3.8, 4) is 0 Å². The Morgan fingerprint density at radius 3 is 2.42 bits per heavy atom. The molecule has 1 rings (SSSR count). The summed E-state index contributed by atoms with van der Waals surface area (Å²) in [6.07, 6.45) is 0.212. The summed E-state index contributed by atoms with van der Waals surface area (Å²) in [6, 6.07) is -0.255. The lowest BCUT2D eigenvalue weighted by molar-refractivity contribution is -0.143. The van der Waals surface area contributed by atoms with E-state index >= 15 is 0 Å². The second-order valence-electron chi connectivity index (χ2n) is 5.64. The molecule has 1 saturated heterocycles. The highest BCUT2D eigenvalue weighted by atomic mass is 32.2. The molecule has 0 aromatic carbocycles. The maximum absolute atomic E-state index is 12.1. The minimum Gasteiger partial charge on any atom is -0.466 e. The molecule has 19 heavy (non-hydrogen) atoms. The zero-order valence-electron chi connectivity index (χ0n) is 12.3. The van der Waals surface area contributed by atoms with E-state index < -0.39 is 0 Å². The third-order valence-electron chi connectivity index (χ3n) is 2.90. The number of thioether (sulfide) groups is 1. The van der Waals surface area contributed by atoms with Gasteiger partial charge in [0.2, 0.25) is 5.91 Å². The van der Waals surface area contributed by atoms with Crippen molar-refractivity contribution in [3.05, 3.63) is 0 Å². The number of hydrogen-bond acceptors (Lipinski definition) is 5. The van der Waals surface area contributed by atoms with Gasteiger partial charge in [0.15, 0.2) is 0 Å². The van der Waals surface area contributed by atoms with Crippen molar-refractivity contribution in [1.82, 2.24) is 10.6 Å². The SMILES string of the molecule is CCOC(=O)CCNC(=O)[C@@H]1NC(C)(C)SC1(C)C. The lowest BCUT2D eigenvalue weighted by Crippen LogP contribution is -2.52. The van der Waals surface area contributed by atoms with Crippen molar-refractivity contribution in [2.75, 3.05) is 13.2 Å². The van der Waals surface area contributed by atoms with Gasteiger partial charge >= 0.3 is 5.97 Å². The van der Waals surface area contributed by atoms with E-state index in [4.69, 9.17) is 4.74 Å². The van der Waals surface area contributed by atoms with Crippen molar-refractivity contribution in [2.24, 2.45) is 0 Å². The smallest absolute Gasteiger partial charge is 0.307 e. The van der Waals surface area contributed by atoms with Gasteiger partial charge in [-0.3, -0.25) is 14.9 Å². The number of carbonyl (C=O) groups is 2. The van der Waals surface area contributed by atoms with Crippen LogP contribution < -0.4 is 10.6 Å². The summed E-state index contributed by atoms with van der Waals surface area (Å²) >= 11 is 1.75. The number of nitrogens with one attached hydrogen (secondary N) is 2. The molecule has 0 aromatic rings. The first kappa shape index (κ1) is 16.3. The first-order valence-corrected chi connectivity index (χ1v) is 7.41. The van der Waals surface area contributed by atoms with Gasteiger partial charge in [-0.1, -0.05) is 0 Å². The second-order valence-corrected chi connectivity index (χ2v) is 7.92. The highest BCUT2D eigenvalue weighted by Crippen LogP contribution is 2.43. The fourth-order valence-corrected chi connectivity index (χ4v) is 4.05. The van der Waals surface area contributed by atoms with Crippen molar-refractivity contribution >= 4 is 23.6 Å². The standard InChI is InChI=1S/C13H24N2O3S/c1-6-18-9(16)7-8-14-11(17)10-12(2,3)19-13(4,5)15-10/h10,15H,6-8H2,1-5H3,(H,14,17)/t10-/m0/s1. The molecule has 5 nitrogen and oxygen atoms in total. The molecule has 0 spiro atoms. The third-order valence-corrected chi connectivity index (χ3v) is 4.29. The van der Waals surface area contributed by atoms with Crippen LogP contribution in [0.1, 0.15) is 41.0 Å². The number of ether oxygens (including phenoxy) is 1. The zero-order valence-corrected chi connectivity index (χ0v) is 13.1. The van der Waals surface area contributed by atoms with Crippen LogP contribution in [0.4, 0.5) is 0 Å². The van der Waals surface area contributed by atoms with Crippen LogP contribution in [-0.2, 0) is 14.3 Å². The average molecular weight is 288 g/mol. The number of hydrogen-bond donors (Lipinski definition) is 2. The molecule has 1 heterocycles. The molecule has 0 radical (unpaired) electrons. The van der Waals surface area contributed by atoms with E-state index in [2.05, 4.69) is 38.3 Å². The molecule has 110 valence electrons. The zero-order chi connectivity index (χ0) is 14.7. The lowest BCUT2D eigenvalue weighted by atomic mass is 10.0. The number of amides is 1. The van der Waals surface area contributed by atoms with Gasteiger partial charge in [0.1, 0.15) is 6.04 Å². The summed E-state index contributed by atoms with van der Waals surface area (Å²) in [5.74, 6) is -0.344. The molecule has 1 atom stereocenters. The van der Waals surface area contributed by atoms with Gasteiger partial charge in [-0.15, -0.1) is 11.8 Å². The normalized spacial score (nSPS) is 23.9. The molecule has 0 saturated carbocycles. The van der Waals surface area contributed by atoms with Gasteiger partial charge in [-0.05, 0) is 34.6 Å². The summed E-state index contributed by atoms with van der Waals surface area (Å²) in [5.41, 5.74) is 0. The number of carbonyl (C=O) groups excluding carboxylic acids is 2.